The van der Waals surface area contributed by atoms with Crippen LogP contribution in [0.1, 0.15) is 36.6 Å². The number of phenols is 1. The number of phenolic OH excluding ortho intramolecular Hbond substituents is 1. The maximum atomic E-state index is 12.8. The van der Waals surface area contributed by atoms with Gasteiger partial charge in [-0.05, 0) is 48.0 Å². The fourth-order valence-electron chi connectivity index (χ4n) is 3.72. The molecule has 3 amide bonds. The van der Waals surface area contributed by atoms with Crippen molar-refractivity contribution < 1.29 is 29.4 Å². The number of hydrogen-bond donors (Lipinski definition) is 5. The lowest BCUT2D eigenvalue weighted by Gasteiger charge is -2.16. The lowest BCUT2D eigenvalue weighted by atomic mass is 10.1. The molecule has 0 aliphatic heterocycles. The summed E-state index contributed by atoms with van der Waals surface area (Å²) in [6.07, 6.45) is 1.38. The average Bonchev–Trinajstić information content (AvgIpc) is 2.93. The Bertz CT molecular complexity index is 1570. The van der Waals surface area contributed by atoms with Crippen LogP contribution in [0, 0.1) is 0 Å². The van der Waals surface area contributed by atoms with Crippen LogP contribution in [0.4, 0.5) is 0 Å². The number of benzene rings is 3. The van der Waals surface area contributed by atoms with E-state index in [4.69, 9.17) is 11.6 Å². The van der Waals surface area contributed by atoms with Gasteiger partial charge in [-0.1, -0.05) is 41.9 Å². The molecule has 0 aliphatic carbocycles. The van der Waals surface area contributed by atoms with Gasteiger partial charge in [0.25, 0.3) is 17.7 Å². The number of halogens is 1. The Morgan fingerprint density at radius 3 is 2.36 bits per heavy atom. The number of carbonyl (C=O) groups is 4. The van der Waals surface area contributed by atoms with Crippen molar-refractivity contribution in [3.05, 3.63) is 106 Å². The van der Waals surface area contributed by atoms with Crippen LogP contribution < -0.4 is 16.0 Å². The summed E-state index contributed by atoms with van der Waals surface area (Å²) in [6, 6.07) is 17.8. The van der Waals surface area contributed by atoms with Gasteiger partial charge in [-0.15, -0.1) is 0 Å². The fraction of sp³-hybridized carbons (Fsp3) is 0.107. The molecule has 4 rings (SSSR count). The van der Waals surface area contributed by atoms with Crippen molar-refractivity contribution in [3.8, 4) is 5.75 Å². The van der Waals surface area contributed by atoms with Crippen molar-refractivity contribution in [1.29, 1.82) is 0 Å². The molecule has 0 unspecified atom stereocenters. The van der Waals surface area contributed by atoms with Gasteiger partial charge in [0.05, 0.1) is 21.7 Å². The van der Waals surface area contributed by atoms with E-state index in [1.807, 2.05) is 12.1 Å². The molecule has 0 spiro atoms. The minimum atomic E-state index is -1.45. The van der Waals surface area contributed by atoms with Gasteiger partial charge in [-0.25, -0.2) is 4.79 Å². The molecule has 0 radical (unpaired) electrons. The van der Waals surface area contributed by atoms with Gasteiger partial charge < -0.3 is 26.2 Å². The maximum Gasteiger partial charge on any atom is 0.328 e. The van der Waals surface area contributed by atoms with Crippen molar-refractivity contribution in [2.24, 2.45) is 0 Å². The monoisotopic (exact) mass is 546 g/mol. The van der Waals surface area contributed by atoms with E-state index in [1.54, 1.807) is 30.3 Å². The van der Waals surface area contributed by atoms with Crippen LogP contribution in [-0.4, -0.2) is 51.5 Å². The van der Waals surface area contributed by atoms with E-state index in [-0.39, 0.29) is 40.6 Å². The number of nitrogens with one attached hydrogen (secondary N) is 3. The second-order valence-corrected chi connectivity index (χ2v) is 8.95. The largest absolute Gasteiger partial charge is 0.508 e. The molecular weight excluding hydrogens is 524 g/mol. The maximum absolute atomic E-state index is 12.8. The topological polar surface area (TPSA) is 158 Å². The number of para-hydroxylation sites is 1. The Morgan fingerprint density at radius 2 is 1.62 bits per heavy atom. The van der Waals surface area contributed by atoms with E-state index < -0.39 is 29.7 Å². The SMILES string of the molecule is O=C(NCc1cccc(O)c1)c1ccc(C(=O)N[C@@H](CNC(=O)c2cnc3ccccc3c2)C(=O)O)c(Cl)c1. The van der Waals surface area contributed by atoms with Crippen LogP contribution in [0.25, 0.3) is 10.9 Å². The lowest BCUT2D eigenvalue weighted by molar-refractivity contribution is -0.139. The fourth-order valence-corrected chi connectivity index (χ4v) is 3.99. The molecule has 198 valence electrons. The number of amides is 3. The summed E-state index contributed by atoms with van der Waals surface area (Å²) in [5.74, 6) is -3.08. The Kier molecular flexibility index (Phi) is 8.37. The molecule has 0 saturated carbocycles. The van der Waals surface area contributed by atoms with Crippen molar-refractivity contribution in [3.63, 3.8) is 0 Å². The van der Waals surface area contributed by atoms with Crippen molar-refractivity contribution in [1.82, 2.24) is 20.9 Å². The van der Waals surface area contributed by atoms with Gasteiger partial charge in [0, 0.05) is 30.2 Å². The lowest BCUT2D eigenvalue weighted by Crippen LogP contribution is -2.48. The number of carboxylic acid groups (broad SMARTS) is 1. The molecule has 1 atom stereocenters. The first-order chi connectivity index (χ1) is 18.7. The Labute approximate surface area is 227 Å². The number of aliphatic carboxylic acids is 1. The second kappa shape index (κ2) is 12.1. The molecular formula is C28H23ClN4O6. The Hall–Kier alpha value is -4.96. The molecule has 0 fully saturated rings. The highest BCUT2D eigenvalue weighted by atomic mass is 35.5. The predicted octanol–water partition coefficient (Wildman–Crippen LogP) is 3.14. The first-order valence-electron chi connectivity index (χ1n) is 11.7. The van der Waals surface area contributed by atoms with Gasteiger partial charge in [0.2, 0.25) is 0 Å². The minimum absolute atomic E-state index is 0.0440. The number of carbonyl (C=O) groups excluding carboxylic acids is 3. The molecule has 0 aliphatic rings. The molecule has 10 nitrogen and oxygen atoms in total. The van der Waals surface area contributed by atoms with E-state index in [0.29, 0.717) is 11.1 Å². The van der Waals surface area contributed by atoms with Gasteiger partial charge in [0.15, 0.2) is 0 Å². The van der Waals surface area contributed by atoms with Crippen molar-refractivity contribution in [2.45, 2.75) is 12.6 Å². The number of hydrogen-bond acceptors (Lipinski definition) is 6. The average molecular weight is 547 g/mol. The third-order valence-corrected chi connectivity index (χ3v) is 6.08. The van der Waals surface area contributed by atoms with Gasteiger partial charge in [-0.3, -0.25) is 19.4 Å². The number of aromatic nitrogens is 1. The quantitative estimate of drug-likeness (QED) is 0.216. The molecule has 5 N–H and O–H groups in total. The smallest absolute Gasteiger partial charge is 0.328 e. The molecule has 39 heavy (non-hydrogen) atoms. The summed E-state index contributed by atoms with van der Waals surface area (Å²) < 4.78 is 0. The normalized spacial score (nSPS) is 11.4. The summed E-state index contributed by atoms with van der Waals surface area (Å²) in [6.45, 7) is -0.228. The molecule has 0 bridgehead atoms. The Morgan fingerprint density at radius 1 is 0.846 bits per heavy atom. The summed E-state index contributed by atoms with van der Waals surface area (Å²) in [7, 11) is 0. The van der Waals surface area contributed by atoms with E-state index in [2.05, 4.69) is 20.9 Å². The van der Waals surface area contributed by atoms with E-state index >= 15 is 0 Å². The minimum Gasteiger partial charge on any atom is -0.508 e. The number of aromatic hydroxyl groups is 1. The number of rotatable bonds is 9. The second-order valence-electron chi connectivity index (χ2n) is 8.54. The number of nitrogens with zero attached hydrogens (tertiary/aromatic N) is 1. The van der Waals surface area contributed by atoms with E-state index in [1.165, 1.54) is 36.5 Å². The van der Waals surface area contributed by atoms with Crippen LogP contribution in [-0.2, 0) is 11.3 Å². The van der Waals surface area contributed by atoms with Crippen LogP contribution in [0.3, 0.4) is 0 Å². The number of fused-ring (bicyclic) bond motifs is 1. The summed E-state index contributed by atoms with van der Waals surface area (Å²) in [5, 5.41) is 27.3. The van der Waals surface area contributed by atoms with Crippen molar-refractivity contribution >= 4 is 46.2 Å². The van der Waals surface area contributed by atoms with Crippen LogP contribution >= 0.6 is 11.6 Å². The number of carboxylic acids is 1. The van der Waals surface area contributed by atoms with Crippen molar-refractivity contribution in [2.75, 3.05) is 6.54 Å². The zero-order valence-corrected chi connectivity index (χ0v) is 21.1. The zero-order chi connectivity index (χ0) is 27.9. The number of pyridine rings is 1. The highest BCUT2D eigenvalue weighted by Crippen LogP contribution is 2.19. The van der Waals surface area contributed by atoms with E-state index in [9.17, 15) is 29.4 Å². The molecule has 3 aromatic carbocycles. The standard InChI is InChI=1S/C28H23ClN4O6/c29-22-12-18(25(35)31-13-16-4-3-6-20(34)10-16)8-9-21(22)27(37)33-24(28(38)39)15-32-26(36)19-11-17-5-1-2-7-23(17)30-14-19/h1-12,14,24,34H,13,15H2,(H,31,35)(H,32,36)(H,33,37)(H,38,39)/t24-/m0/s1. The first kappa shape index (κ1) is 27.1. The first-order valence-corrected chi connectivity index (χ1v) is 12.1. The molecule has 4 aromatic rings. The Balaban J connectivity index is 1.36. The van der Waals surface area contributed by atoms with Gasteiger partial charge >= 0.3 is 5.97 Å². The van der Waals surface area contributed by atoms with Gasteiger partial charge in [-0.2, -0.15) is 0 Å². The summed E-state index contributed by atoms with van der Waals surface area (Å²) in [5.41, 5.74) is 1.78. The van der Waals surface area contributed by atoms with E-state index in [0.717, 1.165) is 5.39 Å². The third kappa shape index (κ3) is 6.88. The molecule has 1 heterocycles. The zero-order valence-electron chi connectivity index (χ0n) is 20.3. The summed E-state index contributed by atoms with van der Waals surface area (Å²) >= 11 is 6.23. The van der Waals surface area contributed by atoms with Gasteiger partial charge in [0.1, 0.15) is 11.8 Å². The molecule has 11 heteroatoms. The van der Waals surface area contributed by atoms with Crippen LogP contribution in [0.2, 0.25) is 5.02 Å². The molecule has 0 saturated heterocycles. The highest BCUT2D eigenvalue weighted by Gasteiger charge is 2.23. The van der Waals surface area contributed by atoms with Crippen LogP contribution in [0.15, 0.2) is 79.0 Å². The van der Waals surface area contributed by atoms with Crippen LogP contribution in [0.5, 0.6) is 5.75 Å². The third-order valence-electron chi connectivity index (χ3n) is 5.76. The summed E-state index contributed by atoms with van der Waals surface area (Å²) in [4.78, 5) is 53.8. The predicted molar refractivity (Wildman–Crippen MR) is 144 cm³/mol. The highest BCUT2D eigenvalue weighted by molar-refractivity contribution is 6.34. The molecule has 1 aromatic heterocycles.